The predicted octanol–water partition coefficient (Wildman–Crippen LogP) is 4.65. The van der Waals surface area contributed by atoms with E-state index in [-0.39, 0.29) is 5.91 Å². The zero-order chi connectivity index (χ0) is 16.0. The third kappa shape index (κ3) is 5.87. The average molecular weight is 377 g/mol. The number of benzene rings is 1. The maximum Gasteiger partial charge on any atom is 0.220 e. The minimum atomic E-state index is 0.0785. The lowest BCUT2D eigenvalue weighted by atomic mass is 10.1. The molecule has 0 aliphatic heterocycles. The van der Waals surface area contributed by atoms with Gasteiger partial charge >= 0.3 is 0 Å². The van der Waals surface area contributed by atoms with E-state index in [9.17, 15) is 4.79 Å². The lowest BCUT2D eigenvalue weighted by molar-refractivity contribution is -0.121. The molecule has 0 aromatic heterocycles. The van der Waals surface area contributed by atoms with Crippen LogP contribution in [0.15, 0.2) is 10.5 Å². The van der Waals surface area contributed by atoms with Gasteiger partial charge in [0.25, 0.3) is 0 Å². The van der Waals surface area contributed by atoms with Crippen molar-refractivity contribution in [2.75, 3.05) is 13.2 Å². The van der Waals surface area contributed by atoms with Gasteiger partial charge in [-0.15, -0.1) is 0 Å². The van der Waals surface area contributed by atoms with E-state index < -0.39 is 0 Å². The van der Waals surface area contributed by atoms with Crippen molar-refractivity contribution >= 4 is 33.4 Å². The molecule has 1 rings (SSSR count). The molecular weight excluding hydrogens is 354 g/mol. The summed E-state index contributed by atoms with van der Waals surface area (Å²) in [5.41, 5.74) is 1.96. The van der Waals surface area contributed by atoms with Crippen LogP contribution in [0.25, 0.3) is 0 Å². The first-order valence-electron chi connectivity index (χ1n) is 7.17. The highest BCUT2D eigenvalue weighted by Crippen LogP contribution is 2.35. The Morgan fingerprint density at radius 2 is 2.10 bits per heavy atom. The topological polar surface area (TPSA) is 38.3 Å². The first kappa shape index (κ1) is 18.3. The number of hydrogen-bond acceptors (Lipinski definition) is 2. The number of rotatable bonds is 7. The number of carbonyl (C=O) groups excluding carboxylic acids is 1. The lowest BCUT2D eigenvalue weighted by Gasteiger charge is -2.13. The van der Waals surface area contributed by atoms with E-state index in [1.54, 1.807) is 0 Å². The van der Waals surface area contributed by atoms with E-state index in [1.165, 1.54) is 0 Å². The van der Waals surface area contributed by atoms with Crippen LogP contribution in [-0.2, 0) is 4.79 Å². The van der Waals surface area contributed by atoms with E-state index in [0.29, 0.717) is 25.4 Å². The number of nitrogens with one attached hydrogen (secondary N) is 1. The third-order valence-corrected chi connectivity index (χ3v) is 4.65. The lowest BCUT2D eigenvalue weighted by Crippen LogP contribution is -2.27. The quantitative estimate of drug-likeness (QED) is 0.703. The number of halogens is 2. The van der Waals surface area contributed by atoms with Crippen molar-refractivity contribution in [2.24, 2.45) is 5.92 Å². The Kier molecular flexibility index (Phi) is 7.53. The molecule has 118 valence electrons. The SMILES string of the molecule is Cc1cc(OCCCC(=O)NCC(C)C)c(Br)c(C)c1Cl. The summed E-state index contributed by atoms with van der Waals surface area (Å²) in [5.74, 6) is 1.33. The van der Waals surface area contributed by atoms with E-state index in [1.807, 2.05) is 19.9 Å². The molecule has 21 heavy (non-hydrogen) atoms. The molecule has 0 fully saturated rings. The maximum atomic E-state index is 11.6. The zero-order valence-corrected chi connectivity index (χ0v) is 15.4. The Bertz CT molecular complexity index is 504. The van der Waals surface area contributed by atoms with Gasteiger partial charge in [0.05, 0.1) is 11.1 Å². The first-order chi connectivity index (χ1) is 9.82. The molecule has 0 aliphatic carbocycles. The van der Waals surface area contributed by atoms with E-state index in [4.69, 9.17) is 16.3 Å². The third-order valence-electron chi connectivity index (χ3n) is 3.08. The van der Waals surface area contributed by atoms with Crippen molar-refractivity contribution in [3.8, 4) is 5.75 Å². The highest BCUT2D eigenvalue weighted by Gasteiger charge is 2.11. The fraction of sp³-hybridized carbons (Fsp3) is 0.562. The standard InChI is InChI=1S/C16H23BrClNO2/c1-10(2)9-19-14(20)6-5-7-21-13-8-11(3)16(18)12(4)15(13)17/h8,10H,5-7,9H2,1-4H3,(H,19,20). The predicted molar refractivity (Wildman–Crippen MR) is 91.2 cm³/mol. The van der Waals surface area contributed by atoms with Crippen molar-refractivity contribution in [1.82, 2.24) is 5.32 Å². The summed E-state index contributed by atoms with van der Waals surface area (Å²) in [4.78, 5) is 11.6. The van der Waals surface area contributed by atoms with E-state index >= 15 is 0 Å². The molecule has 1 amide bonds. The molecular formula is C16H23BrClNO2. The minimum absolute atomic E-state index is 0.0785. The molecule has 0 heterocycles. The minimum Gasteiger partial charge on any atom is -0.492 e. The van der Waals surface area contributed by atoms with Crippen molar-refractivity contribution in [3.05, 3.63) is 26.7 Å². The summed E-state index contributed by atoms with van der Waals surface area (Å²) in [7, 11) is 0. The number of amides is 1. The van der Waals surface area contributed by atoms with Crippen molar-refractivity contribution in [1.29, 1.82) is 0 Å². The van der Waals surface area contributed by atoms with Crippen LogP contribution in [0, 0.1) is 19.8 Å². The van der Waals surface area contributed by atoms with Crippen LogP contribution >= 0.6 is 27.5 Å². The fourth-order valence-corrected chi connectivity index (χ4v) is 2.52. The Labute approximate surface area is 140 Å². The van der Waals surface area contributed by atoms with Crippen LogP contribution in [0.3, 0.4) is 0 Å². The van der Waals surface area contributed by atoms with Gasteiger partial charge in [0.2, 0.25) is 5.91 Å². The summed E-state index contributed by atoms with van der Waals surface area (Å²) in [6.45, 7) is 9.28. The molecule has 1 N–H and O–H groups in total. The highest BCUT2D eigenvalue weighted by atomic mass is 79.9. The van der Waals surface area contributed by atoms with Crippen LogP contribution in [0.5, 0.6) is 5.75 Å². The highest BCUT2D eigenvalue weighted by molar-refractivity contribution is 9.10. The monoisotopic (exact) mass is 375 g/mol. The number of aryl methyl sites for hydroxylation is 1. The molecule has 0 bridgehead atoms. The molecule has 1 aromatic carbocycles. The maximum absolute atomic E-state index is 11.6. The Morgan fingerprint density at radius 3 is 2.71 bits per heavy atom. The molecule has 0 radical (unpaired) electrons. The molecule has 5 heteroatoms. The second-order valence-electron chi connectivity index (χ2n) is 5.59. The van der Waals surface area contributed by atoms with Gasteiger partial charge in [0, 0.05) is 18.0 Å². The second kappa shape index (κ2) is 8.64. The number of ether oxygens (including phenoxy) is 1. The molecule has 0 atom stereocenters. The van der Waals surface area contributed by atoms with Gasteiger partial charge in [-0.2, -0.15) is 0 Å². The molecule has 0 spiro atoms. The molecule has 0 saturated carbocycles. The fourth-order valence-electron chi connectivity index (χ4n) is 1.83. The molecule has 1 aromatic rings. The largest absolute Gasteiger partial charge is 0.492 e. The van der Waals surface area contributed by atoms with Gasteiger partial charge in [-0.05, 0) is 59.3 Å². The summed E-state index contributed by atoms with van der Waals surface area (Å²) < 4.78 is 6.62. The van der Waals surface area contributed by atoms with Crippen LogP contribution in [0.4, 0.5) is 0 Å². The summed E-state index contributed by atoms with van der Waals surface area (Å²) >= 11 is 9.68. The molecule has 0 aliphatic rings. The van der Waals surface area contributed by atoms with Crippen molar-refractivity contribution in [3.63, 3.8) is 0 Å². The van der Waals surface area contributed by atoms with Crippen LogP contribution < -0.4 is 10.1 Å². The first-order valence-corrected chi connectivity index (χ1v) is 8.34. The number of hydrogen-bond donors (Lipinski definition) is 1. The Balaban J connectivity index is 2.42. The van der Waals surface area contributed by atoms with Gasteiger partial charge in [-0.1, -0.05) is 25.4 Å². The van der Waals surface area contributed by atoms with E-state index in [2.05, 4.69) is 35.1 Å². The molecule has 0 saturated heterocycles. The summed E-state index contributed by atoms with van der Waals surface area (Å²) in [6.07, 6.45) is 1.17. The van der Waals surface area contributed by atoms with Gasteiger partial charge < -0.3 is 10.1 Å². The Morgan fingerprint density at radius 1 is 1.43 bits per heavy atom. The van der Waals surface area contributed by atoms with Crippen molar-refractivity contribution in [2.45, 2.75) is 40.5 Å². The average Bonchev–Trinajstić information content (AvgIpc) is 2.44. The second-order valence-corrected chi connectivity index (χ2v) is 6.77. The zero-order valence-electron chi connectivity index (χ0n) is 13.1. The number of carbonyl (C=O) groups is 1. The molecule has 0 unspecified atom stereocenters. The Hall–Kier alpha value is -0.740. The van der Waals surface area contributed by atoms with Crippen LogP contribution in [0.2, 0.25) is 5.02 Å². The summed E-state index contributed by atoms with van der Waals surface area (Å²) in [5, 5.41) is 3.65. The smallest absolute Gasteiger partial charge is 0.220 e. The van der Waals surface area contributed by atoms with Gasteiger partial charge in [0.1, 0.15) is 5.75 Å². The summed E-state index contributed by atoms with van der Waals surface area (Å²) in [6, 6.07) is 1.91. The van der Waals surface area contributed by atoms with E-state index in [0.717, 1.165) is 32.9 Å². The normalized spacial score (nSPS) is 10.8. The van der Waals surface area contributed by atoms with Crippen LogP contribution in [0.1, 0.15) is 37.8 Å². The van der Waals surface area contributed by atoms with Crippen LogP contribution in [-0.4, -0.2) is 19.1 Å². The van der Waals surface area contributed by atoms with Gasteiger partial charge in [-0.3, -0.25) is 4.79 Å². The van der Waals surface area contributed by atoms with Gasteiger partial charge in [0.15, 0.2) is 0 Å². The van der Waals surface area contributed by atoms with Crippen molar-refractivity contribution < 1.29 is 9.53 Å². The van der Waals surface area contributed by atoms with Gasteiger partial charge in [-0.25, -0.2) is 0 Å². The molecule has 3 nitrogen and oxygen atoms in total.